The summed E-state index contributed by atoms with van der Waals surface area (Å²) in [5.41, 5.74) is 0.762. The smallest absolute Gasteiger partial charge is 0.255 e. The lowest BCUT2D eigenvalue weighted by atomic mass is 10.2. The molecule has 3 aromatic rings. The van der Waals surface area contributed by atoms with Crippen LogP contribution in [0, 0.1) is 10.5 Å². The molecule has 1 fully saturated rings. The second-order valence-corrected chi connectivity index (χ2v) is 7.95. The van der Waals surface area contributed by atoms with Gasteiger partial charge in [0.15, 0.2) is 0 Å². The minimum atomic E-state index is 0.0848. The highest BCUT2D eigenvalue weighted by molar-refractivity contribution is 14.1. The number of para-hydroxylation sites is 1. The van der Waals surface area contributed by atoms with E-state index >= 15 is 0 Å². The van der Waals surface area contributed by atoms with Gasteiger partial charge in [0.25, 0.3) is 5.91 Å². The number of benzene rings is 2. The Bertz CT molecular complexity index is 1000. The van der Waals surface area contributed by atoms with E-state index in [0.717, 1.165) is 33.8 Å². The topological polar surface area (TPSA) is 58.6 Å². The predicted molar refractivity (Wildman–Crippen MR) is 121 cm³/mol. The number of hydrogen-bond donors (Lipinski definition) is 0. The van der Waals surface area contributed by atoms with Gasteiger partial charge in [-0.1, -0.05) is 30.3 Å². The van der Waals surface area contributed by atoms with E-state index in [1.165, 1.54) is 0 Å². The van der Waals surface area contributed by atoms with Crippen LogP contribution in [0.3, 0.4) is 0 Å². The maximum atomic E-state index is 12.8. The van der Waals surface area contributed by atoms with Crippen molar-refractivity contribution >= 4 is 34.3 Å². The van der Waals surface area contributed by atoms with Crippen LogP contribution in [0.4, 0.5) is 5.82 Å². The van der Waals surface area contributed by atoms with E-state index in [1.807, 2.05) is 72.5 Å². The summed E-state index contributed by atoms with van der Waals surface area (Å²) >= 11 is 2.21. The second-order valence-electron chi connectivity index (χ2n) is 6.79. The molecule has 0 aliphatic carbocycles. The van der Waals surface area contributed by atoms with E-state index in [9.17, 15) is 4.79 Å². The first kappa shape index (κ1) is 19.6. The average molecular weight is 500 g/mol. The number of rotatable bonds is 4. The molecular weight excluding hydrogens is 479 g/mol. The van der Waals surface area contributed by atoms with Gasteiger partial charge >= 0.3 is 0 Å². The number of nitrogens with zero attached hydrogens (tertiary/aromatic N) is 4. The van der Waals surface area contributed by atoms with Gasteiger partial charge in [-0.05, 0) is 53.8 Å². The SMILES string of the molecule is Cc1nc(Oc2ccccc2)cc(N2CCN(C(=O)c3ccccc3I)CC2)n1. The summed E-state index contributed by atoms with van der Waals surface area (Å²) in [5, 5.41) is 0. The van der Waals surface area contributed by atoms with E-state index < -0.39 is 0 Å². The molecule has 0 N–H and O–H groups in total. The van der Waals surface area contributed by atoms with Crippen LogP contribution in [0.5, 0.6) is 11.6 Å². The average Bonchev–Trinajstić information content (AvgIpc) is 2.74. The van der Waals surface area contributed by atoms with Gasteiger partial charge in [0.1, 0.15) is 17.4 Å². The molecule has 0 radical (unpaired) electrons. The standard InChI is InChI=1S/C22H21IN4O2/c1-16-24-20(15-21(25-16)29-17-7-3-2-4-8-17)26-11-13-27(14-12-26)22(28)18-9-5-6-10-19(18)23/h2-10,15H,11-14H2,1H3. The molecule has 0 unspecified atom stereocenters. The van der Waals surface area contributed by atoms with Crippen LogP contribution in [0.2, 0.25) is 0 Å². The number of carbonyl (C=O) groups is 1. The molecule has 0 spiro atoms. The van der Waals surface area contributed by atoms with Crippen LogP contribution >= 0.6 is 22.6 Å². The first-order valence-electron chi connectivity index (χ1n) is 9.47. The zero-order valence-corrected chi connectivity index (χ0v) is 18.2. The largest absolute Gasteiger partial charge is 0.439 e. The molecule has 29 heavy (non-hydrogen) atoms. The number of aromatic nitrogens is 2. The molecule has 1 aliphatic heterocycles. The summed E-state index contributed by atoms with van der Waals surface area (Å²) in [5.74, 6) is 2.83. The Balaban J connectivity index is 1.44. The molecule has 6 nitrogen and oxygen atoms in total. The van der Waals surface area contributed by atoms with Gasteiger partial charge in [0.05, 0.1) is 5.56 Å². The minimum absolute atomic E-state index is 0.0848. The Kier molecular flexibility index (Phi) is 5.94. The number of ether oxygens (including phenoxy) is 1. The highest BCUT2D eigenvalue weighted by Gasteiger charge is 2.24. The van der Waals surface area contributed by atoms with Crippen molar-refractivity contribution in [2.75, 3.05) is 31.1 Å². The summed E-state index contributed by atoms with van der Waals surface area (Å²) in [4.78, 5) is 25.9. The van der Waals surface area contributed by atoms with Gasteiger partial charge in [0, 0.05) is 35.8 Å². The number of carbonyl (C=O) groups excluding carboxylic acids is 1. The minimum Gasteiger partial charge on any atom is -0.439 e. The van der Waals surface area contributed by atoms with Crippen LogP contribution in [-0.2, 0) is 0 Å². The molecule has 2 heterocycles. The van der Waals surface area contributed by atoms with Crippen LogP contribution in [0.25, 0.3) is 0 Å². The van der Waals surface area contributed by atoms with Gasteiger partial charge < -0.3 is 14.5 Å². The fraction of sp³-hybridized carbons (Fsp3) is 0.227. The Morgan fingerprint density at radius 3 is 2.38 bits per heavy atom. The molecule has 1 aliphatic rings. The first-order chi connectivity index (χ1) is 14.1. The summed E-state index contributed by atoms with van der Waals surface area (Å²) in [6.45, 7) is 4.61. The van der Waals surface area contributed by atoms with Gasteiger partial charge in [0.2, 0.25) is 5.88 Å². The molecule has 1 aromatic heterocycles. The van der Waals surface area contributed by atoms with Gasteiger partial charge in [-0.15, -0.1) is 0 Å². The quantitative estimate of drug-likeness (QED) is 0.504. The van der Waals surface area contributed by atoms with E-state index in [1.54, 1.807) is 0 Å². The third-order valence-electron chi connectivity index (χ3n) is 4.76. The molecule has 0 atom stereocenters. The first-order valence-corrected chi connectivity index (χ1v) is 10.6. The van der Waals surface area contributed by atoms with E-state index in [0.29, 0.717) is 24.8 Å². The molecule has 148 valence electrons. The maximum Gasteiger partial charge on any atom is 0.255 e. The maximum absolute atomic E-state index is 12.8. The molecule has 4 rings (SSSR count). The summed E-state index contributed by atoms with van der Waals surface area (Å²) in [6.07, 6.45) is 0. The van der Waals surface area contributed by atoms with Crippen LogP contribution in [-0.4, -0.2) is 47.0 Å². The molecule has 1 amide bonds. The zero-order valence-electron chi connectivity index (χ0n) is 16.1. The summed E-state index contributed by atoms with van der Waals surface area (Å²) in [6, 6.07) is 19.1. The fourth-order valence-electron chi connectivity index (χ4n) is 3.29. The number of anilines is 1. The van der Waals surface area contributed by atoms with Crippen molar-refractivity contribution in [2.24, 2.45) is 0 Å². The molecule has 0 saturated carbocycles. The number of hydrogen-bond acceptors (Lipinski definition) is 5. The van der Waals surface area contributed by atoms with Crippen molar-refractivity contribution in [3.05, 3.63) is 75.6 Å². The van der Waals surface area contributed by atoms with Gasteiger partial charge in [-0.2, -0.15) is 4.98 Å². The number of piperazine rings is 1. The van der Waals surface area contributed by atoms with E-state index in [-0.39, 0.29) is 5.91 Å². The predicted octanol–water partition coefficient (Wildman–Crippen LogP) is 4.14. The molecular formula is C22H21IN4O2. The van der Waals surface area contributed by atoms with Crippen LogP contribution < -0.4 is 9.64 Å². The molecule has 2 aromatic carbocycles. The lowest BCUT2D eigenvalue weighted by molar-refractivity contribution is 0.0745. The zero-order chi connectivity index (χ0) is 20.2. The lowest BCUT2D eigenvalue weighted by Crippen LogP contribution is -2.49. The molecule has 7 heteroatoms. The van der Waals surface area contributed by atoms with E-state index in [4.69, 9.17) is 4.74 Å². The van der Waals surface area contributed by atoms with Crippen molar-refractivity contribution in [2.45, 2.75) is 6.92 Å². The van der Waals surface area contributed by atoms with Crippen molar-refractivity contribution in [3.63, 3.8) is 0 Å². The lowest BCUT2D eigenvalue weighted by Gasteiger charge is -2.35. The number of amides is 1. The number of halogens is 1. The Labute approximate surface area is 183 Å². The van der Waals surface area contributed by atoms with E-state index in [2.05, 4.69) is 37.5 Å². The number of aryl methyl sites for hydroxylation is 1. The van der Waals surface area contributed by atoms with Gasteiger partial charge in [-0.25, -0.2) is 4.98 Å². The van der Waals surface area contributed by atoms with Crippen molar-refractivity contribution < 1.29 is 9.53 Å². The normalized spacial score (nSPS) is 14.0. The highest BCUT2D eigenvalue weighted by Crippen LogP contribution is 2.24. The third-order valence-corrected chi connectivity index (χ3v) is 5.70. The monoisotopic (exact) mass is 500 g/mol. The van der Waals surface area contributed by atoms with Gasteiger partial charge in [-0.3, -0.25) is 4.79 Å². The van der Waals surface area contributed by atoms with Crippen molar-refractivity contribution in [1.82, 2.24) is 14.9 Å². The summed E-state index contributed by atoms with van der Waals surface area (Å²) < 4.78 is 6.86. The van der Waals surface area contributed by atoms with Crippen LogP contribution in [0.1, 0.15) is 16.2 Å². The highest BCUT2D eigenvalue weighted by atomic mass is 127. The molecule has 1 saturated heterocycles. The molecule has 0 bridgehead atoms. The second kappa shape index (κ2) is 8.77. The van der Waals surface area contributed by atoms with Crippen molar-refractivity contribution in [1.29, 1.82) is 0 Å². The summed E-state index contributed by atoms with van der Waals surface area (Å²) in [7, 11) is 0. The Hall–Kier alpha value is -2.68. The van der Waals surface area contributed by atoms with Crippen LogP contribution in [0.15, 0.2) is 60.7 Å². The Morgan fingerprint density at radius 1 is 0.966 bits per heavy atom. The fourth-order valence-corrected chi connectivity index (χ4v) is 3.91. The Morgan fingerprint density at radius 2 is 1.66 bits per heavy atom. The third kappa shape index (κ3) is 4.67. The van der Waals surface area contributed by atoms with Crippen molar-refractivity contribution in [3.8, 4) is 11.6 Å².